The fraction of sp³-hybridized carbons (Fsp3) is 0.214. The minimum Gasteiger partial charge on any atom is -0.491 e. The smallest absolute Gasteiger partial charge is 0.261 e. The van der Waals surface area contributed by atoms with Crippen LogP contribution in [0, 0.1) is 0 Å². The first-order valence-corrected chi connectivity index (χ1v) is 7.20. The van der Waals surface area contributed by atoms with Gasteiger partial charge in [0.25, 0.3) is 5.91 Å². The highest BCUT2D eigenvalue weighted by molar-refractivity contribution is 7.14. The van der Waals surface area contributed by atoms with Crippen LogP contribution in [0.4, 0.5) is 10.8 Å². The van der Waals surface area contributed by atoms with Gasteiger partial charge in [-0.3, -0.25) is 14.9 Å². The first-order chi connectivity index (χ1) is 10.0. The number of rotatable bonds is 5. The predicted molar refractivity (Wildman–Crippen MR) is 82.1 cm³/mol. The lowest BCUT2D eigenvalue weighted by molar-refractivity contribution is 0.100. The summed E-state index contributed by atoms with van der Waals surface area (Å²) in [5.41, 5.74) is 6.87. The van der Waals surface area contributed by atoms with Crippen molar-refractivity contribution in [2.24, 2.45) is 0 Å². The van der Waals surface area contributed by atoms with E-state index in [1.54, 1.807) is 23.6 Å². The number of nitrogens with one attached hydrogen (secondary N) is 1. The Bertz CT molecular complexity index is 682. The maximum absolute atomic E-state index is 12.3. The van der Waals surface area contributed by atoms with Gasteiger partial charge < -0.3 is 10.5 Å². The number of hydrogen-bond donors (Lipinski definition) is 2. The molecule has 0 bridgehead atoms. The van der Waals surface area contributed by atoms with Crippen LogP contribution in [0.3, 0.4) is 0 Å². The number of ketones is 1. The van der Waals surface area contributed by atoms with E-state index in [4.69, 9.17) is 10.5 Å². The van der Waals surface area contributed by atoms with Gasteiger partial charge in [0.2, 0.25) is 0 Å². The van der Waals surface area contributed by atoms with Gasteiger partial charge in [0.1, 0.15) is 5.69 Å². The summed E-state index contributed by atoms with van der Waals surface area (Å²) >= 11 is 1.19. The Kier molecular flexibility index (Phi) is 4.54. The summed E-state index contributed by atoms with van der Waals surface area (Å²) in [7, 11) is 0. The summed E-state index contributed by atoms with van der Waals surface area (Å²) in [6, 6.07) is 4.96. The molecule has 0 fully saturated rings. The number of para-hydroxylation sites is 1. The summed E-state index contributed by atoms with van der Waals surface area (Å²) in [6.45, 7) is 3.64. The second-order valence-corrected chi connectivity index (χ2v) is 5.06. The summed E-state index contributed by atoms with van der Waals surface area (Å²) in [5.74, 6) is -0.179. The molecular formula is C14H15N3O3S. The van der Waals surface area contributed by atoms with E-state index < -0.39 is 0 Å². The number of carbonyl (C=O) groups is 2. The van der Waals surface area contributed by atoms with Crippen molar-refractivity contribution in [2.45, 2.75) is 13.8 Å². The third-order valence-electron chi connectivity index (χ3n) is 2.66. The minimum absolute atomic E-state index is 0.147. The zero-order valence-electron chi connectivity index (χ0n) is 11.7. The van der Waals surface area contributed by atoms with E-state index in [0.29, 0.717) is 34.4 Å². The van der Waals surface area contributed by atoms with Gasteiger partial charge in [-0.05, 0) is 19.1 Å². The molecule has 0 spiro atoms. The van der Waals surface area contributed by atoms with Crippen LogP contribution < -0.4 is 15.8 Å². The Morgan fingerprint density at radius 1 is 1.43 bits per heavy atom. The topological polar surface area (TPSA) is 94.3 Å². The molecule has 2 aromatic rings. The van der Waals surface area contributed by atoms with Crippen molar-refractivity contribution in [1.29, 1.82) is 0 Å². The Hall–Kier alpha value is -2.41. The van der Waals surface area contributed by atoms with E-state index in [9.17, 15) is 9.59 Å². The molecule has 1 amide bonds. The average molecular weight is 305 g/mol. The SMILES string of the molecule is CCOc1c(N)cccc1C(=O)Nc1nc(C(C)=O)cs1. The van der Waals surface area contributed by atoms with Crippen molar-refractivity contribution in [3.8, 4) is 5.75 Å². The van der Waals surface area contributed by atoms with Gasteiger partial charge in [-0.2, -0.15) is 0 Å². The van der Waals surface area contributed by atoms with Gasteiger partial charge in [0, 0.05) is 12.3 Å². The monoisotopic (exact) mass is 305 g/mol. The Morgan fingerprint density at radius 2 is 2.19 bits per heavy atom. The van der Waals surface area contributed by atoms with Crippen LogP contribution >= 0.6 is 11.3 Å². The van der Waals surface area contributed by atoms with Crippen LogP contribution in [-0.4, -0.2) is 23.3 Å². The molecule has 0 atom stereocenters. The molecule has 0 aliphatic carbocycles. The van der Waals surface area contributed by atoms with Crippen LogP contribution in [0.25, 0.3) is 0 Å². The number of ether oxygens (including phenoxy) is 1. The van der Waals surface area contributed by atoms with Crippen molar-refractivity contribution in [2.75, 3.05) is 17.7 Å². The van der Waals surface area contributed by atoms with Crippen LogP contribution in [0.1, 0.15) is 34.7 Å². The number of Topliss-reactive ketones (excluding diaryl/α,β-unsaturated/α-hetero) is 1. The molecule has 21 heavy (non-hydrogen) atoms. The minimum atomic E-state index is -0.379. The molecule has 0 radical (unpaired) electrons. The number of nitrogens with zero attached hydrogens (tertiary/aromatic N) is 1. The van der Waals surface area contributed by atoms with Crippen molar-refractivity contribution < 1.29 is 14.3 Å². The van der Waals surface area contributed by atoms with E-state index in [-0.39, 0.29) is 11.7 Å². The number of hydrogen-bond acceptors (Lipinski definition) is 6. The standard InChI is InChI=1S/C14H15N3O3S/c1-3-20-12-9(5-4-6-10(12)15)13(19)17-14-16-11(7-21-14)8(2)18/h4-7H,3,15H2,1-2H3,(H,16,17,19). The number of carbonyl (C=O) groups excluding carboxylic acids is 2. The zero-order chi connectivity index (χ0) is 15.4. The summed E-state index contributed by atoms with van der Waals surface area (Å²) in [4.78, 5) is 27.5. The predicted octanol–water partition coefficient (Wildman–Crippen LogP) is 2.58. The fourth-order valence-corrected chi connectivity index (χ4v) is 2.44. The highest BCUT2D eigenvalue weighted by Gasteiger charge is 2.16. The molecular weight excluding hydrogens is 290 g/mol. The molecule has 1 aromatic heterocycles. The molecule has 0 unspecified atom stereocenters. The Labute approximate surface area is 125 Å². The summed E-state index contributed by atoms with van der Waals surface area (Å²) in [6.07, 6.45) is 0. The quantitative estimate of drug-likeness (QED) is 0.654. The van der Waals surface area contributed by atoms with Crippen molar-refractivity contribution in [3.63, 3.8) is 0 Å². The van der Waals surface area contributed by atoms with E-state index in [2.05, 4.69) is 10.3 Å². The van der Waals surface area contributed by atoms with Crippen molar-refractivity contribution >= 4 is 33.8 Å². The van der Waals surface area contributed by atoms with Crippen LogP contribution in [-0.2, 0) is 0 Å². The third-order valence-corrected chi connectivity index (χ3v) is 3.42. The maximum Gasteiger partial charge on any atom is 0.261 e. The molecule has 2 rings (SSSR count). The van der Waals surface area contributed by atoms with Gasteiger partial charge >= 0.3 is 0 Å². The molecule has 110 valence electrons. The first kappa shape index (κ1) is 15.0. The Balaban J connectivity index is 2.23. The molecule has 0 saturated heterocycles. The second-order valence-electron chi connectivity index (χ2n) is 4.21. The average Bonchev–Trinajstić information content (AvgIpc) is 2.90. The number of thiazole rings is 1. The molecule has 3 N–H and O–H groups in total. The van der Waals surface area contributed by atoms with Crippen molar-refractivity contribution in [3.05, 3.63) is 34.8 Å². The number of aromatic nitrogens is 1. The molecule has 7 heteroatoms. The normalized spacial score (nSPS) is 10.2. The number of benzene rings is 1. The van der Waals surface area contributed by atoms with E-state index in [0.717, 1.165) is 0 Å². The maximum atomic E-state index is 12.3. The van der Waals surface area contributed by atoms with Gasteiger partial charge in [-0.25, -0.2) is 4.98 Å². The molecule has 0 aliphatic heterocycles. The van der Waals surface area contributed by atoms with E-state index in [1.807, 2.05) is 6.92 Å². The van der Waals surface area contributed by atoms with Gasteiger partial charge in [-0.1, -0.05) is 6.07 Å². The highest BCUT2D eigenvalue weighted by atomic mass is 32.1. The highest BCUT2D eigenvalue weighted by Crippen LogP contribution is 2.27. The molecule has 1 aromatic carbocycles. The number of nitrogens with two attached hydrogens (primary N) is 1. The van der Waals surface area contributed by atoms with Crippen LogP contribution in [0.5, 0.6) is 5.75 Å². The fourth-order valence-electron chi connectivity index (χ4n) is 1.70. The Morgan fingerprint density at radius 3 is 2.81 bits per heavy atom. The first-order valence-electron chi connectivity index (χ1n) is 6.32. The number of amides is 1. The largest absolute Gasteiger partial charge is 0.491 e. The van der Waals surface area contributed by atoms with Gasteiger partial charge in [0.05, 0.1) is 17.9 Å². The molecule has 1 heterocycles. The lowest BCUT2D eigenvalue weighted by Crippen LogP contribution is -2.14. The van der Waals surface area contributed by atoms with Crippen LogP contribution in [0.15, 0.2) is 23.6 Å². The molecule has 0 saturated carbocycles. The van der Waals surface area contributed by atoms with Gasteiger partial charge in [-0.15, -0.1) is 11.3 Å². The summed E-state index contributed by atoms with van der Waals surface area (Å²) in [5, 5.41) is 4.59. The lowest BCUT2D eigenvalue weighted by atomic mass is 10.1. The second kappa shape index (κ2) is 6.36. The molecule has 0 aliphatic rings. The van der Waals surface area contributed by atoms with Crippen molar-refractivity contribution in [1.82, 2.24) is 4.98 Å². The van der Waals surface area contributed by atoms with Gasteiger partial charge in [0.15, 0.2) is 16.7 Å². The number of anilines is 2. The zero-order valence-corrected chi connectivity index (χ0v) is 12.5. The van der Waals surface area contributed by atoms with E-state index >= 15 is 0 Å². The number of nitrogen functional groups attached to an aromatic ring is 1. The summed E-state index contributed by atoms with van der Waals surface area (Å²) < 4.78 is 5.41. The lowest BCUT2D eigenvalue weighted by Gasteiger charge is -2.11. The third kappa shape index (κ3) is 3.38. The van der Waals surface area contributed by atoms with E-state index in [1.165, 1.54) is 18.3 Å². The van der Waals surface area contributed by atoms with Crippen LogP contribution in [0.2, 0.25) is 0 Å². The molecule has 6 nitrogen and oxygen atoms in total.